The summed E-state index contributed by atoms with van der Waals surface area (Å²) in [5, 5.41) is 1.11. The van der Waals surface area contributed by atoms with Gasteiger partial charge in [0.2, 0.25) is 0 Å². The first-order valence-electron chi connectivity index (χ1n) is 4.54. The van der Waals surface area contributed by atoms with Crippen LogP contribution < -0.4 is 5.73 Å². The molecule has 0 aliphatic carbocycles. The minimum atomic E-state index is -0.0976. The first-order chi connectivity index (χ1) is 6.81. The molecule has 0 bridgehead atoms. The summed E-state index contributed by atoms with van der Waals surface area (Å²) in [6.45, 7) is 3.68. The van der Waals surface area contributed by atoms with E-state index < -0.39 is 0 Å². The van der Waals surface area contributed by atoms with E-state index in [0.29, 0.717) is 0 Å². The number of aromatic nitrogens is 1. The van der Waals surface area contributed by atoms with Gasteiger partial charge in [-0.25, -0.2) is 0 Å². The van der Waals surface area contributed by atoms with Crippen LogP contribution in [0.3, 0.4) is 0 Å². The molecule has 2 aromatic rings. The van der Waals surface area contributed by atoms with Crippen molar-refractivity contribution >= 4 is 10.9 Å². The lowest BCUT2D eigenvalue weighted by molar-refractivity contribution is 0.916. The maximum absolute atomic E-state index is 5.85. The highest BCUT2D eigenvalue weighted by atomic mass is 14.6. The number of pyridine rings is 1. The van der Waals surface area contributed by atoms with Gasteiger partial charge in [0.25, 0.3) is 0 Å². The Kier molecular flexibility index (Phi) is 2.29. The molecule has 1 atom stereocenters. The van der Waals surface area contributed by atoms with E-state index in [2.05, 4.69) is 17.6 Å². The van der Waals surface area contributed by atoms with Crippen LogP contribution in [0, 0.1) is 0 Å². The topological polar surface area (TPSA) is 38.9 Å². The standard InChI is InChI=1S/C12H12N2/c1-2-11(13)9-5-6-12-10(8-9)4-3-7-14-12/h2-8,11H,1,13H2/t11-/m0/s1. The van der Waals surface area contributed by atoms with Crippen molar-refractivity contribution in [2.75, 3.05) is 0 Å². The van der Waals surface area contributed by atoms with E-state index in [4.69, 9.17) is 5.73 Å². The van der Waals surface area contributed by atoms with Crippen LogP contribution in [0.25, 0.3) is 10.9 Å². The monoisotopic (exact) mass is 184 g/mol. The first-order valence-corrected chi connectivity index (χ1v) is 4.54. The number of rotatable bonds is 2. The van der Waals surface area contributed by atoms with E-state index in [0.717, 1.165) is 16.5 Å². The first kappa shape index (κ1) is 8.91. The maximum Gasteiger partial charge on any atom is 0.0702 e. The third-order valence-electron chi connectivity index (χ3n) is 2.27. The predicted octanol–water partition coefficient (Wildman–Crippen LogP) is 2.42. The van der Waals surface area contributed by atoms with E-state index in [1.807, 2.05) is 24.3 Å². The quantitative estimate of drug-likeness (QED) is 0.728. The molecule has 2 heteroatoms. The van der Waals surface area contributed by atoms with Crippen molar-refractivity contribution in [1.29, 1.82) is 0 Å². The van der Waals surface area contributed by atoms with Gasteiger partial charge in [-0.3, -0.25) is 4.98 Å². The molecule has 0 unspecified atom stereocenters. The third kappa shape index (κ3) is 1.52. The van der Waals surface area contributed by atoms with Crippen LogP contribution in [-0.2, 0) is 0 Å². The number of nitrogens with two attached hydrogens (primary N) is 1. The Hall–Kier alpha value is -1.67. The zero-order valence-electron chi connectivity index (χ0n) is 7.85. The smallest absolute Gasteiger partial charge is 0.0702 e. The van der Waals surface area contributed by atoms with Crippen LogP contribution in [0.5, 0.6) is 0 Å². The lowest BCUT2D eigenvalue weighted by atomic mass is 10.1. The lowest BCUT2D eigenvalue weighted by Gasteiger charge is -2.06. The van der Waals surface area contributed by atoms with Gasteiger partial charge in [-0.2, -0.15) is 0 Å². The Morgan fingerprint density at radius 2 is 2.21 bits per heavy atom. The van der Waals surface area contributed by atoms with Crippen LogP contribution in [0.2, 0.25) is 0 Å². The fraction of sp³-hybridized carbons (Fsp3) is 0.0833. The number of hydrogen-bond donors (Lipinski definition) is 1. The molecule has 1 aromatic carbocycles. The van der Waals surface area contributed by atoms with Crippen molar-refractivity contribution in [3.05, 3.63) is 54.7 Å². The van der Waals surface area contributed by atoms with Gasteiger partial charge >= 0.3 is 0 Å². The highest BCUT2D eigenvalue weighted by Crippen LogP contribution is 2.17. The van der Waals surface area contributed by atoms with Gasteiger partial charge in [0, 0.05) is 17.6 Å². The van der Waals surface area contributed by atoms with Gasteiger partial charge in [0.1, 0.15) is 0 Å². The molecule has 1 heterocycles. The van der Waals surface area contributed by atoms with Crippen LogP contribution in [0.1, 0.15) is 11.6 Å². The van der Waals surface area contributed by atoms with Crippen molar-refractivity contribution < 1.29 is 0 Å². The molecule has 2 rings (SSSR count). The number of fused-ring (bicyclic) bond motifs is 1. The second kappa shape index (κ2) is 3.60. The summed E-state index contributed by atoms with van der Waals surface area (Å²) in [6.07, 6.45) is 3.52. The maximum atomic E-state index is 5.85. The highest BCUT2D eigenvalue weighted by molar-refractivity contribution is 5.79. The van der Waals surface area contributed by atoms with Gasteiger partial charge in [0.05, 0.1) is 5.52 Å². The van der Waals surface area contributed by atoms with Gasteiger partial charge in [-0.1, -0.05) is 18.2 Å². The molecule has 70 valence electrons. The van der Waals surface area contributed by atoms with E-state index in [-0.39, 0.29) is 6.04 Å². The van der Waals surface area contributed by atoms with E-state index in [1.165, 1.54) is 0 Å². The zero-order valence-corrected chi connectivity index (χ0v) is 7.85. The SMILES string of the molecule is C=C[C@H](N)c1ccc2ncccc2c1. The molecule has 14 heavy (non-hydrogen) atoms. The molecule has 0 saturated carbocycles. The summed E-state index contributed by atoms with van der Waals surface area (Å²) >= 11 is 0. The van der Waals surface area contributed by atoms with Crippen LogP contribution >= 0.6 is 0 Å². The largest absolute Gasteiger partial charge is 0.321 e. The van der Waals surface area contributed by atoms with E-state index in [1.54, 1.807) is 12.3 Å². The Labute approximate surface area is 83.1 Å². The van der Waals surface area contributed by atoms with Crippen LogP contribution in [0.15, 0.2) is 49.2 Å². The number of hydrogen-bond acceptors (Lipinski definition) is 2. The minimum absolute atomic E-state index is 0.0976. The third-order valence-corrected chi connectivity index (χ3v) is 2.27. The van der Waals surface area contributed by atoms with Crippen molar-refractivity contribution in [1.82, 2.24) is 4.98 Å². The fourth-order valence-corrected chi connectivity index (χ4v) is 1.44. The summed E-state index contributed by atoms with van der Waals surface area (Å²) in [7, 11) is 0. The van der Waals surface area contributed by atoms with Crippen molar-refractivity contribution in [3.8, 4) is 0 Å². The Bertz CT molecular complexity index is 463. The molecule has 0 amide bonds. The molecule has 0 fully saturated rings. The second-order valence-corrected chi connectivity index (χ2v) is 3.22. The Balaban J connectivity index is 2.56. The molecule has 0 aliphatic heterocycles. The molecular formula is C12H12N2. The summed E-state index contributed by atoms with van der Waals surface area (Å²) in [4.78, 5) is 4.24. The summed E-state index contributed by atoms with van der Waals surface area (Å²) in [5.74, 6) is 0. The molecule has 0 saturated heterocycles. The van der Waals surface area contributed by atoms with Crippen molar-refractivity contribution in [2.24, 2.45) is 5.73 Å². The predicted molar refractivity (Wildman–Crippen MR) is 58.9 cm³/mol. The lowest BCUT2D eigenvalue weighted by Crippen LogP contribution is -2.05. The number of nitrogens with zero attached hydrogens (tertiary/aromatic N) is 1. The Morgan fingerprint density at radius 1 is 1.36 bits per heavy atom. The summed E-state index contributed by atoms with van der Waals surface area (Å²) in [5.41, 5.74) is 7.91. The summed E-state index contributed by atoms with van der Waals surface area (Å²) in [6, 6.07) is 9.87. The van der Waals surface area contributed by atoms with E-state index in [9.17, 15) is 0 Å². The average molecular weight is 184 g/mol. The van der Waals surface area contributed by atoms with Crippen LogP contribution in [0.4, 0.5) is 0 Å². The van der Waals surface area contributed by atoms with Crippen molar-refractivity contribution in [2.45, 2.75) is 6.04 Å². The number of benzene rings is 1. The van der Waals surface area contributed by atoms with Crippen molar-refractivity contribution in [3.63, 3.8) is 0 Å². The summed E-state index contributed by atoms with van der Waals surface area (Å²) < 4.78 is 0. The highest BCUT2D eigenvalue weighted by Gasteiger charge is 2.01. The van der Waals surface area contributed by atoms with Gasteiger partial charge in [-0.15, -0.1) is 6.58 Å². The van der Waals surface area contributed by atoms with Gasteiger partial charge in [-0.05, 0) is 23.8 Å². The van der Waals surface area contributed by atoms with E-state index >= 15 is 0 Å². The molecule has 0 aliphatic rings. The second-order valence-electron chi connectivity index (χ2n) is 3.22. The zero-order chi connectivity index (χ0) is 9.97. The molecule has 0 radical (unpaired) electrons. The van der Waals surface area contributed by atoms with Gasteiger partial charge in [0.15, 0.2) is 0 Å². The van der Waals surface area contributed by atoms with Gasteiger partial charge < -0.3 is 5.73 Å². The normalized spacial score (nSPS) is 12.6. The molecule has 1 aromatic heterocycles. The average Bonchev–Trinajstić information content (AvgIpc) is 2.27. The minimum Gasteiger partial charge on any atom is -0.321 e. The molecule has 2 nitrogen and oxygen atoms in total. The Morgan fingerprint density at radius 3 is 3.00 bits per heavy atom. The fourth-order valence-electron chi connectivity index (χ4n) is 1.44. The van der Waals surface area contributed by atoms with Crippen LogP contribution in [-0.4, -0.2) is 4.98 Å². The molecular weight excluding hydrogens is 172 g/mol. The molecule has 0 spiro atoms. The molecule has 2 N–H and O–H groups in total.